The topological polar surface area (TPSA) is 69.7 Å². The lowest BCUT2D eigenvalue weighted by atomic mass is 9.91. The molecule has 0 radical (unpaired) electrons. The van der Waals surface area contributed by atoms with Crippen LogP contribution in [-0.2, 0) is 14.4 Å². The predicted molar refractivity (Wildman–Crippen MR) is 113 cm³/mol. The van der Waals surface area contributed by atoms with Crippen LogP contribution >= 0.6 is 0 Å². The Morgan fingerprint density at radius 2 is 1.79 bits per heavy atom. The fourth-order valence-electron chi connectivity index (χ4n) is 3.85. The van der Waals surface area contributed by atoms with Gasteiger partial charge in [0.2, 0.25) is 17.7 Å². The first-order chi connectivity index (χ1) is 13.2. The number of rotatable bonds is 10. The van der Waals surface area contributed by atoms with Crippen molar-refractivity contribution >= 4 is 17.7 Å². The Morgan fingerprint density at radius 3 is 2.36 bits per heavy atom. The summed E-state index contributed by atoms with van der Waals surface area (Å²) in [6.07, 6.45) is 6.61. The summed E-state index contributed by atoms with van der Waals surface area (Å²) in [6, 6.07) is 0.159. The molecule has 0 saturated carbocycles. The summed E-state index contributed by atoms with van der Waals surface area (Å²) in [4.78, 5) is 41.0. The van der Waals surface area contributed by atoms with Crippen LogP contribution in [0.1, 0.15) is 86.0 Å². The Hall–Kier alpha value is -1.59. The fourth-order valence-corrected chi connectivity index (χ4v) is 3.85. The van der Waals surface area contributed by atoms with Gasteiger partial charge in [0.15, 0.2) is 0 Å². The third-order valence-electron chi connectivity index (χ3n) is 6.24. The molecule has 0 aliphatic carbocycles. The van der Waals surface area contributed by atoms with Gasteiger partial charge in [-0.05, 0) is 52.4 Å². The maximum absolute atomic E-state index is 12.8. The number of amides is 3. The zero-order chi connectivity index (χ0) is 21.3. The number of hydrogen-bond acceptors (Lipinski definition) is 3. The van der Waals surface area contributed by atoms with Gasteiger partial charge in [0.25, 0.3) is 0 Å². The van der Waals surface area contributed by atoms with E-state index in [1.165, 1.54) is 0 Å². The number of likely N-dealkylation sites (tertiary alicyclic amines) is 1. The maximum atomic E-state index is 12.8. The van der Waals surface area contributed by atoms with Gasteiger partial charge in [-0.1, -0.05) is 20.3 Å². The number of carbonyl (C=O) groups is 3. The van der Waals surface area contributed by atoms with Gasteiger partial charge in [0.05, 0.1) is 0 Å². The molecule has 1 saturated heterocycles. The van der Waals surface area contributed by atoms with Crippen LogP contribution in [0.2, 0.25) is 0 Å². The Bertz CT molecular complexity index is 523. The lowest BCUT2D eigenvalue weighted by Crippen LogP contribution is -2.47. The van der Waals surface area contributed by atoms with E-state index in [0.717, 1.165) is 38.6 Å². The van der Waals surface area contributed by atoms with Crippen LogP contribution in [-0.4, -0.2) is 59.2 Å². The molecule has 0 bridgehead atoms. The molecule has 1 heterocycles. The highest BCUT2D eigenvalue weighted by molar-refractivity contribution is 5.79. The van der Waals surface area contributed by atoms with Gasteiger partial charge in [-0.3, -0.25) is 14.4 Å². The molecule has 3 amide bonds. The van der Waals surface area contributed by atoms with E-state index in [-0.39, 0.29) is 41.8 Å². The lowest BCUT2D eigenvalue weighted by Gasteiger charge is -2.37. The van der Waals surface area contributed by atoms with E-state index in [0.29, 0.717) is 19.3 Å². The van der Waals surface area contributed by atoms with E-state index in [1.807, 2.05) is 25.7 Å². The Kier molecular flexibility index (Phi) is 10.5. The van der Waals surface area contributed by atoms with Crippen molar-refractivity contribution in [2.24, 2.45) is 5.92 Å². The van der Waals surface area contributed by atoms with Crippen LogP contribution in [0.4, 0.5) is 0 Å². The Balaban J connectivity index is 2.98. The van der Waals surface area contributed by atoms with Crippen molar-refractivity contribution in [2.75, 3.05) is 13.6 Å². The van der Waals surface area contributed by atoms with Gasteiger partial charge >= 0.3 is 0 Å². The number of nitrogens with zero attached hydrogens (tertiary/aromatic N) is 2. The molecule has 1 N–H and O–H groups in total. The summed E-state index contributed by atoms with van der Waals surface area (Å²) in [6.45, 7) is 10.5. The summed E-state index contributed by atoms with van der Waals surface area (Å²) in [5, 5.41) is 3.10. The molecular formula is C22H41N3O3. The van der Waals surface area contributed by atoms with E-state index >= 15 is 0 Å². The molecule has 162 valence electrons. The first kappa shape index (κ1) is 24.4. The molecule has 6 nitrogen and oxygen atoms in total. The van der Waals surface area contributed by atoms with Gasteiger partial charge in [0.1, 0.15) is 0 Å². The van der Waals surface area contributed by atoms with Crippen molar-refractivity contribution in [1.82, 2.24) is 15.1 Å². The van der Waals surface area contributed by atoms with Crippen LogP contribution in [0, 0.1) is 5.92 Å². The van der Waals surface area contributed by atoms with Crippen molar-refractivity contribution in [3.05, 3.63) is 0 Å². The van der Waals surface area contributed by atoms with E-state index < -0.39 is 0 Å². The molecule has 0 aromatic carbocycles. The molecule has 4 unspecified atom stereocenters. The number of nitrogens with one attached hydrogen (secondary N) is 1. The zero-order valence-corrected chi connectivity index (χ0v) is 18.8. The molecule has 28 heavy (non-hydrogen) atoms. The minimum absolute atomic E-state index is 0.0185. The van der Waals surface area contributed by atoms with Gasteiger partial charge in [-0.15, -0.1) is 0 Å². The van der Waals surface area contributed by atoms with Gasteiger partial charge in [-0.25, -0.2) is 0 Å². The first-order valence-corrected chi connectivity index (χ1v) is 11.0. The molecule has 1 fully saturated rings. The van der Waals surface area contributed by atoms with Crippen LogP contribution in [0.3, 0.4) is 0 Å². The number of hydrogen-bond donors (Lipinski definition) is 1. The molecule has 4 atom stereocenters. The molecule has 0 spiro atoms. The highest BCUT2D eigenvalue weighted by atomic mass is 16.2. The largest absolute Gasteiger partial charge is 0.353 e. The Morgan fingerprint density at radius 1 is 1.11 bits per heavy atom. The third-order valence-corrected chi connectivity index (χ3v) is 6.24. The normalized spacial score (nSPS) is 19.4. The fraction of sp³-hybridized carbons (Fsp3) is 0.864. The molecule has 1 aliphatic rings. The van der Waals surface area contributed by atoms with Crippen molar-refractivity contribution in [3.8, 4) is 0 Å². The molecule has 0 aromatic heterocycles. The molecule has 1 aliphatic heterocycles. The Labute approximate surface area is 171 Å². The van der Waals surface area contributed by atoms with Crippen molar-refractivity contribution in [2.45, 2.75) is 104 Å². The second-order valence-corrected chi connectivity index (χ2v) is 8.43. The second kappa shape index (κ2) is 12.1. The monoisotopic (exact) mass is 395 g/mol. The number of carbonyl (C=O) groups excluding carboxylic acids is 3. The van der Waals surface area contributed by atoms with Crippen molar-refractivity contribution in [1.29, 1.82) is 0 Å². The predicted octanol–water partition coefficient (Wildman–Crippen LogP) is 3.35. The highest BCUT2D eigenvalue weighted by Gasteiger charge is 2.31. The summed E-state index contributed by atoms with van der Waals surface area (Å²) in [5.74, 6) is 0.175. The van der Waals surface area contributed by atoms with Crippen molar-refractivity contribution in [3.63, 3.8) is 0 Å². The minimum Gasteiger partial charge on any atom is -0.353 e. The summed E-state index contributed by atoms with van der Waals surface area (Å²) in [7, 11) is 1.81. The van der Waals surface area contributed by atoms with E-state index in [1.54, 1.807) is 18.9 Å². The van der Waals surface area contributed by atoms with Crippen LogP contribution < -0.4 is 5.32 Å². The second-order valence-electron chi connectivity index (χ2n) is 8.43. The quantitative estimate of drug-likeness (QED) is 0.617. The van der Waals surface area contributed by atoms with Gasteiger partial charge in [-0.2, -0.15) is 0 Å². The minimum atomic E-state index is -0.120. The van der Waals surface area contributed by atoms with E-state index in [4.69, 9.17) is 0 Å². The van der Waals surface area contributed by atoms with Crippen LogP contribution in [0.5, 0.6) is 0 Å². The standard InChI is InChI=1S/C22H41N3O3/c1-7-16(3)23-22(28)19(8-2)15-20(14-17(4)24(6)18(5)26)25-13-11-9-10-12-21(25)27/h16-17,19-20H,7-15H2,1-6H3,(H,23,28). The molecule has 6 heteroatoms. The van der Waals surface area contributed by atoms with Crippen molar-refractivity contribution < 1.29 is 14.4 Å². The molecular weight excluding hydrogens is 354 g/mol. The summed E-state index contributed by atoms with van der Waals surface area (Å²) >= 11 is 0. The summed E-state index contributed by atoms with van der Waals surface area (Å²) < 4.78 is 0. The molecule has 1 rings (SSSR count). The average Bonchev–Trinajstić information content (AvgIpc) is 2.88. The third kappa shape index (κ3) is 7.44. The van der Waals surface area contributed by atoms with E-state index in [2.05, 4.69) is 12.2 Å². The smallest absolute Gasteiger partial charge is 0.223 e. The van der Waals surface area contributed by atoms with Crippen LogP contribution in [0.25, 0.3) is 0 Å². The summed E-state index contributed by atoms with van der Waals surface area (Å²) in [5.41, 5.74) is 0. The SMILES string of the molecule is CCC(C)NC(=O)C(CC)CC(CC(C)N(C)C(C)=O)N1CCCCCC1=O. The molecule has 0 aromatic rings. The maximum Gasteiger partial charge on any atom is 0.223 e. The highest BCUT2D eigenvalue weighted by Crippen LogP contribution is 2.25. The average molecular weight is 396 g/mol. The zero-order valence-electron chi connectivity index (χ0n) is 18.8. The van der Waals surface area contributed by atoms with Gasteiger partial charge < -0.3 is 15.1 Å². The van der Waals surface area contributed by atoms with Crippen LogP contribution in [0.15, 0.2) is 0 Å². The lowest BCUT2D eigenvalue weighted by molar-refractivity contribution is -0.136. The van der Waals surface area contributed by atoms with Gasteiger partial charge in [0, 0.05) is 51.0 Å². The van der Waals surface area contributed by atoms with E-state index in [9.17, 15) is 14.4 Å². The first-order valence-electron chi connectivity index (χ1n) is 11.0.